The molecule has 4 unspecified atom stereocenters. The van der Waals surface area contributed by atoms with Gasteiger partial charge in [0, 0.05) is 25.7 Å². The van der Waals surface area contributed by atoms with Gasteiger partial charge in [-0.1, -0.05) is 421 Å². The van der Waals surface area contributed by atoms with Crippen molar-refractivity contribution in [3.63, 3.8) is 0 Å². The van der Waals surface area contributed by atoms with E-state index < -0.39 is 97.5 Å². The van der Waals surface area contributed by atoms with Crippen molar-refractivity contribution in [3.05, 3.63) is 0 Å². The molecule has 17 nitrogen and oxygen atoms in total. The van der Waals surface area contributed by atoms with Crippen LogP contribution in [0.4, 0.5) is 0 Å². The maximum atomic E-state index is 13.2. The number of aliphatic hydroxyl groups is 1. The Balaban J connectivity index is 5.18. The Bertz CT molecular complexity index is 2110. The third kappa shape index (κ3) is 81.0. The minimum Gasteiger partial charge on any atom is -0.462 e. The van der Waals surface area contributed by atoms with Crippen LogP contribution < -0.4 is 0 Å². The first-order valence-electron chi connectivity index (χ1n) is 46.3. The van der Waals surface area contributed by atoms with Crippen molar-refractivity contribution < 1.29 is 80.2 Å². The smallest absolute Gasteiger partial charge is 0.462 e. The van der Waals surface area contributed by atoms with Crippen molar-refractivity contribution in [1.29, 1.82) is 0 Å². The van der Waals surface area contributed by atoms with E-state index in [1.165, 1.54) is 270 Å². The second-order valence-corrected chi connectivity index (χ2v) is 36.7. The van der Waals surface area contributed by atoms with Gasteiger partial charge < -0.3 is 33.8 Å². The van der Waals surface area contributed by atoms with Crippen molar-refractivity contribution in [2.75, 3.05) is 39.6 Å². The molecule has 0 saturated heterocycles. The van der Waals surface area contributed by atoms with Gasteiger partial charge in [-0.15, -0.1) is 0 Å². The molecular formula is C90H176O17P2. The maximum Gasteiger partial charge on any atom is 0.472 e. The van der Waals surface area contributed by atoms with Gasteiger partial charge in [-0.25, -0.2) is 9.13 Å². The Morgan fingerprint density at radius 1 is 0.257 bits per heavy atom. The number of unbranched alkanes of at least 4 members (excludes halogenated alkanes) is 51. The topological polar surface area (TPSA) is 237 Å². The van der Waals surface area contributed by atoms with E-state index >= 15 is 0 Å². The molecule has 0 saturated carbocycles. The van der Waals surface area contributed by atoms with Crippen LogP contribution in [0.25, 0.3) is 0 Å². The molecule has 0 heterocycles. The van der Waals surface area contributed by atoms with E-state index in [1.54, 1.807) is 0 Å². The molecule has 19 heteroatoms. The van der Waals surface area contributed by atoms with Crippen LogP contribution in [0.2, 0.25) is 0 Å². The summed E-state index contributed by atoms with van der Waals surface area (Å²) in [5.74, 6) is 1.11. The van der Waals surface area contributed by atoms with E-state index in [0.717, 1.165) is 114 Å². The molecule has 0 radical (unpaired) electrons. The molecule has 0 bridgehead atoms. The number of hydrogen-bond acceptors (Lipinski definition) is 15. The summed E-state index contributed by atoms with van der Waals surface area (Å²) in [7, 11) is -9.93. The molecule has 0 aliphatic carbocycles. The predicted molar refractivity (Wildman–Crippen MR) is 451 cm³/mol. The standard InChI is InChI=1S/C90H176O17P2/c1-9-82(7)68-60-52-43-37-31-25-19-15-11-13-17-21-27-34-40-46-56-64-72-89(94)106-85(76-100-87(92)70-62-54-45-39-33-29-23-24-30-36-42-50-58-66-80(3)4)78-104-108(96,97)102-74-84(91)75-103-109(98,99)105-79-86(77-101-88(93)71-63-55-49-48-51-59-67-81(5)6)107-90(95)73-65-57-47-41-35-28-22-18-14-12-16-20-26-32-38-44-53-61-69-83(8)10-2/h80-86,91H,9-79H2,1-8H3,(H,96,97)(H,98,99)/t82?,83?,84-,85-,86-/m1/s1. The summed E-state index contributed by atoms with van der Waals surface area (Å²) >= 11 is 0. The average Bonchev–Trinajstić information content (AvgIpc) is 0.907. The zero-order chi connectivity index (χ0) is 80.2. The minimum absolute atomic E-state index is 0.107. The lowest BCUT2D eigenvalue weighted by molar-refractivity contribution is -0.161. The molecule has 0 aromatic rings. The molecule has 0 aliphatic heterocycles. The van der Waals surface area contributed by atoms with Crippen LogP contribution in [-0.2, 0) is 65.4 Å². The van der Waals surface area contributed by atoms with Crippen molar-refractivity contribution in [1.82, 2.24) is 0 Å². The highest BCUT2D eigenvalue weighted by Crippen LogP contribution is 2.45. The molecule has 109 heavy (non-hydrogen) atoms. The molecule has 0 spiro atoms. The third-order valence-electron chi connectivity index (χ3n) is 21.8. The lowest BCUT2D eigenvalue weighted by Gasteiger charge is -2.21. The van der Waals surface area contributed by atoms with E-state index in [1.807, 2.05) is 0 Å². The predicted octanol–water partition coefficient (Wildman–Crippen LogP) is 27.5. The highest BCUT2D eigenvalue weighted by molar-refractivity contribution is 7.47. The summed E-state index contributed by atoms with van der Waals surface area (Å²) in [5.41, 5.74) is 0. The number of phosphoric ester groups is 2. The van der Waals surface area contributed by atoms with Gasteiger partial charge in [-0.3, -0.25) is 37.3 Å². The van der Waals surface area contributed by atoms with Gasteiger partial charge in [0.2, 0.25) is 0 Å². The van der Waals surface area contributed by atoms with Crippen LogP contribution in [0.3, 0.4) is 0 Å². The first-order valence-corrected chi connectivity index (χ1v) is 49.3. The lowest BCUT2D eigenvalue weighted by Crippen LogP contribution is -2.30. The van der Waals surface area contributed by atoms with Crippen LogP contribution in [0.1, 0.15) is 473 Å². The van der Waals surface area contributed by atoms with Crippen LogP contribution in [0.15, 0.2) is 0 Å². The number of hydrogen-bond donors (Lipinski definition) is 3. The van der Waals surface area contributed by atoms with Gasteiger partial charge in [-0.2, -0.15) is 0 Å². The summed E-state index contributed by atoms with van der Waals surface area (Å²) < 4.78 is 69.0. The van der Waals surface area contributed by atoms with Crippen molar-refractivity contribution in [2.24, 2.45) is 23.7 Å². The summed E-state index contributed by atoms with van der Waals surface area (Å²) in [5, 5.41) is 10.7. The van der Waals surface area contributed by atoms with Crippen molar-refractivity contribution in [3.8, 4) is 0 Å². The van der Waals surface area contributed by atoms with Crippen molar-refractivity contribution in [2.45, 2.75) is 491 Å². The van der Waals surface area contributed by atoms with Crippen LogP contribution in [-0.4, -0.2) is 96.7 Å². The normalized spacial score (nSPS) is 14.4. The molecule has 0 fully saturated rings. The lowest BCUT2D eigenvalue weighted by atomic mass is 9.99. The Morgan fingerprint density at radius 3 is 0.651 bits per heavy atom. The molecular weight excluding hydrogens is 1410 g/mol. The highest BCUT2D eigenvalue weighted by atomic mass is 31.2. The second kappa shape index (κ2) is 78.6. The molecule has 0 amide bonds. The first kappa shape index (κ1) is 107. The Morgan fingerprint density at radius 2 is 0.440 bits per heavy atom. The molecule has 648 valence electrons. The first-order chi connectivity index (χ1) is 52.7. The summed E-state index contributed by atoms with van der Waals surface area (Å²) in [6.07, 6.45) is 69.6. The number of aliphatic hydroxyl groups excluding tert-OH is 1. The summed E-state index contributed by atoms with van der Waals surface area (Å²) in [6.45, 7) is 14.4. The fraction of sp³-hybridized carbons (Fsp3) is 0.956. The van der Waals surface area contributed by atoms with Gasteiger partial charge >= 0.3 is 39.5 Å². The minimum atomic E-state index is -4.97. The Kier molecular flexibility index (Phi) is 77.2. The van der Waals surface area contributed by atoms with E-state index in [9.17, 15) is 43.2 Å². The molecule has 3 N–H and O–H groups in total. The number of phosphoric acid groups is 2. The van der Waals surface area contributed by atoms with Gasteiger partial charge in [0.05, 0.1) is 26.4 Å². The maximum absolute atomic E-state index is 13.2. The molecule has 0 rings (SSSR count). The third-order valence-corrected chi connectivity index (χ3v) is 23.7. The molecule has 0 aromatic carbocycles. The molecule has 7 atom stereocenters. The molecule has 0 aliphatic rings. The number of rotatable bonds is 87. The van der Waals surface area contributed by atoms with Crippen LogP contribution >= 0.6 is 15.6 Å². The quantitative estimate of drug-likeness (QED) is 0.0222. The summed E-state index contributed by atoms with van der Waals surface area (Å²) in [6, 6.07) is 0. The van der Waals surface area contributed by atoms with Gasteiger partial charge in [0.15, 0.2) is 12.2 Å². The Hall–Kier alpha value is -1.94. The van der Waals surface area contributed by atoms with Gasteiger partial charge in [-0.05, 0) is 49.4 Å². The highest BCUT2D eigenvalue weighted by Gasteiger charge is 2.31. The zero-order valence-corrected chi connectivity index (χ0v) is 74.0. The average molecular weight is 1590 g/mol. The summed E-state index contributed by atoms with van der Waals surface area (Å²) in [4.78, 5) is 73.3. The number of carbonyl (C=O) groups is 4. The fourth-order valence-electron chi connectivity index (χ4n) is 14.0. The van der Waals surface area contributed by atoms with Gasteiger partial charge in [0.25, 0.3) is 0 Å². The van der Waals surface area contributed by atoms with E-state index in [-0.39, 0.29) is 25.7 Å². The van der Waals surface area contributed by atoms with Crippen LogP contribution in [0, 0.1) is 23.7 Å². The van der Waals surface area contributed by atoms with E-state index in [2.05, 4.69) is 55.4 Å². The number of ether oxygens (including phenoxy) is 4. The molecule has 0 aromatic heterocycles. The second-order valence-electron chi connectivity index (χ2n) is 33.8. The zero-order valence-electron chi connectivity index (χ0n) is 72.2. The number of esters is 4. The van der Waals surface area contributed by atoms with Crippen molar-refractivity contribution >= 4 is 39.5 Å². The van der Waals surface area contributed by atoms with Gasteiger partial charge in [0.1, 0.15) is 19.3 Å². The van der Waals surface area contributed by atoms with E-state index in [0.29, 0.717) is 31.6 Å². The Labute approximate surface area is 670 Å². The fourth-order valence-corrected chi connectivity index (χ4v) is 15.5. The van der Waals surface area contributed by atoms with E-state index in [4.69, 9.17) is 37.0 Å². The SMILES string of the molecule is CCC(C)CCCCCCCCCCCCCCCCCCCCC(=O)O[C@H](COC(=O)CCCCCCCCCCCCCCCC(C)C)COP(=O)(O)OC[C@@H](O)COP(=O)(O)OC[C@@H](COC(=O)CCCCCCCCC(C)C)OC(=O)CCCCCCCCCCCCCCCCCCCCC(C)CC. The number of carbonyl (C=O) groups excluding carboxylic acids is 4. The largest absolute Gasteiger partial charge is 0.472 e. The monoisotopic (exact) mass is 1590 g/mol. The van der Waals surface area contributed by atoms with Crippen LogP contribution in [0.5, 0.6) is 0 Å².